The summed E-state index contributed by atoms with van der Waals surface area (Å²) in [4.78, 5) is 26.5. The Morgan fingerprint density at radius 1 is 1.22 bits per heavy atom. The fourth-order valence-electron chi connectivity index (χ4n) is 3.08. The fourth-order valence-corrected chi connectivity index (χ4v) is 3.75. The summed E-state index contributed by atoms with van der Waals surface area (Å²) in [5.41, 5.74) is 1.67. The lowest BCUT2D eigenvalue weighted by molar-refractivity contribution is -0.126. The molecule has 7 nitrogen and oxygen atoms in total. The molecule has 8 heteroatoms. The first-order valence-electron chi connectivity index (χ1n) is 8.46. The van der Waals surface area contributed by atoms with Gasteiger partial charge in [0.05, 0.1) is 32.9 Å². The lowest BCUT2D eigenvalue weighted by Gasteiger charge is -2.20. The van der Waals surface area contributed by atoms with Crippen LogP contribution >= 0.6 is 11.3 Å². The van der Waals surface area contributed by atoms with Gasteiger partial charge in [0.2, 0.25) is 17.6 Å². The summed E-state index contributed by atoms with van der Waals surface area (Å²) in [7, 11) is 4.57. The Morgan fingerprint density at radius 3 is 2.48 bits per heavy atom. The standard InChI is InChI=1S/C19H22N2O5S/c1-24-15-7-14(8-16(25-2)18(15)26-3)21-10-13(6-17(21)22)19(23)20-9-12-4-5-27-11-12/h4-5,7-8,11,13H,6,9-10H2,1-3H3,(H,20,23). The molecule has 1 saturated heterocycles. The second-order valence-corrected chi connectivity index (χ2v) is 6.92. The highest BCUT2D eigenvalue weighted by Crippen LogP contribution is 2.42. The number of rotatable bonds is 7. The smallest absolute Gasteiger partial charge is 0.227 e. The number of carbonyl (C=O) groups is 2. The lowest BCUT2D eigenvalue weighted by Crippen LogP contribution is -2.32. The molecular formula is C19H22N2O5S. The number of nitrogens with one attached hydrogen (secondary N) is 1. The molecule has 1 fully saturated rings. The van der Waals surface area contributed by atoms with E-state index in [1.165, 1.54) is 21.3 Å². The molecule has 2 amide bonds. The number of carbonyl (C=O) groups excluding carboxylic acids is 2. The van der Waals surface area contributed by atoms with Gasteiger partial charge >= 0.3 is 0 Å². The first-order chi connectivity index (χ1) is 13.1. The van der Waals surface area contributed by atoms with Gasteiger partial charge in [0.25, 0.3) is 0 Å². The molecule has 0 saturated carbocycles. The largest absolute Gasteiger partial charge is 0.493 e. The van der Waals surface area contributed by atoms with E-state index >= 15 is 0 Å². The number of anilines is 1. The monoisotopic (exact) mass is 390 g/mol. The summed E-state index contributed by atoms with van der Waals surface area (Å²) in [6.07, 6.45) is 0.173. The summed E-state index contributed by atoms with van der Waals surface area (Å²) in [5, 5.41) is 6.86. The number of amides is 2. The van der Waals surface area contributed by atoms with Gasteiger partial charge in [0, 0.05) is 31.6 Å². The SMILES string of the molecule is COc1cc(N2CC(C(=O)NCc3ccsc3)CC2=O)cc(OC)c1OC. The number of hydrogen-bond donors (Lipinski definition) is 1. The summed E-state index contributed by atoms with van der Waals surface area (Å²) in [6, 6.07) is 5.39. The van der Waals surface area contributed by atoms with Gasteiger partial charge in [-0.3, -0.25) is 9.59 Å². The molecule has 1 atom stereocenters. The molecule has 2 heterocycles. The van der Waals surface area contributed by atoms with Gasteiger partial charge in [-0.1, -0.05) is 0 Å². The Kier molecular flexibility index (Phi) is 5.85. The third-order valence-corrected chi connectivity index (χ3v) is 5.24. The van der Waals surface area contributed by atoms with Crippen molar-refractivity contribution >= 4 is 28.8 Å². The number of thiophene rings is 1. The number of nitrogens with zero attached hydrogens (tertiary/aromatic N) is 1. The lowest BCUT2D eigenvalue weighted by atomic mass is 10.1. The van der Waals surface area contributed by atoms with E-state index in [-0.39, 0.29) is 18.2 Å². The van der Waals surface area contributed by atoms with Crippen LogP contribution in [0.5, 0.6) is 17.2 Å². The maximum absolute atomic E-state index is 12.5. The van der Waals surface area contributed by atoms with Crippen molar-refractivity contribution in [3.63, 3.8) is 0 Å². The molecule has 1 unspecified atom stereocenters. The highest BCUT2D eigenvalue weighted by atomic mass is 32.1. The van der Waals surface area contributed by atoms with Crippen molar-refractivity contribution in [2.45, 2.75) is 13.0 Å². The number of ether oxygens (including phenoxy) is 3. The van der Waals surface area contributed by atoms with Crippen LogP contribution in [0.2, 0.25) is 0 Å². The summed E-state index contributed by atoms with van der Waals surface area (Å²) in [5.74, 6) is 0.759. The first-order valence-corrected chi connectivity index (χ1v) is 9.40. The van der Waals surface area contributed by atoms with Crippen LogP contribution in [0.4, 0.5) is 5.69 Å². The maximum atomic E-state index is 12.5. The number of hydrogen-bond acceptors (Lipinski definition) is 6. The van der Waals surface area contributed by atoms with Gasteiger partial charge in [-0.25, -0.2) is 0 Å². The highest BCUT2D eigenvalue weighted by molar-refractivity contribution is 7.07. The van der Waals surface area contributed by atoms with Crippen molar-refractivity contribution in [2.24, 2.45) is 5.92 Å². The van der Waals surface area contributed by atoms with E-state index in [1.54, 1.807) is 28.4 Å². The van der Waals surface area contributed by atoms with E-state index in [4.69, 9.17) is 14.2 Å². The van der Waals surface area contributed by atoms with Crippen LogP contribution in [0.3, 0.4) is 0 Å². The van der Waals surface area contributed by atoms with E-state index in [9.17, 15) is 9.59 Å². The van der Waals surface area contributed by atoms with Crippen LogP contribution in [-0.4, -0.2) is 39.7 Å². The van der Waals surface area contributed by atoms with Gasteiger partial charge in [-0.2, -0.15) is 11.3 Å². The molecule has 1 aromatic carbocycles. The molecule has 2 aromatic rings. The normalized spacial score (nSPS) is 16.3. The Labute approximate surface area is 161 Å². The molecule has 0 aliphatic carbocycles. The molecule has 144 valence electrons. The van der Waals surface area contributed by atoms with Crippen molar-refractivity contribution in [3.8, 4) is 17.2 Å². The third-order valence-electron chi connectivity index (χ3n) is 4.50. The Morgan fingerprint density at radius 2 is 1.93 bits per heavy atom. The second kappa shape index (κ2) is 8.30. The quantitative estimate of drug-likeness (QED) is 0.786. The predicted molar refractivity (Wildman–Crippen MR) is 103 cm³/mol. The van der Waals surface area contributed by atoms with Gasteiger partial charge in [-0.05, 0) is 22.4 Å². The van der Waals surface area contributed by atoms with Gasteiger partial charge in [0.1, 0.15) is 0 Å². The second-order valence-electron chi connectivity index (χ2n) is 6.14. The zero-order chi connectivity index (χ0) is 19.4. The van der Waals surface area contributed by atoms with E-state index in [2.05, 4.69) is 5.32 Å². The predicted octanol–water partition coefficient (Wildman–Crippen LogP) is 2.44. The highest BCUT2D eigenvalue weighted by Gasteiger charge is 2.35. The van der Waals surface area contributed by atoms with Crippen molar-refractivity contribution < 1.29 is 23.8 Å². The molecule has 27 heavy (non-hydrogen) atoms. The summed E-state index contributed by atoms with van der Waals surface area (Å²) >= 11 is 1.58. The van der Waals surface area contributed by atoms with E-state index < -0.39 is 5.92 Å². The van der Waals surface area contributed by atoms with E-state index in [0.717, 1.165) is 5.56 Å². The zero-order valence-electron chi connectivity index (χ0n) is 15.5. The van der Waals surface area contributed by atoms with Gasteiger partial charge < -0.3 is 24.4 Å². The van der Waals surface area contributed by atoms with E-state index in [1.807, 2.05) is 16.8 Å². The van der Waals surface area contributed by atoms with Crippen LogP contribution < -0.4 is 24.4 Å². The first kappa shape index (κ1) is 19.0. The minimum Gasteiger partial charge on any atom is -0.493 e. The van der Waals surface area contributed by atoms with Crippen LogP contribution in [0.25, 0.3) is 0 Å². The Balaban J connectivity index is 1.74. The topological polar surface area (TPSA) is 77.1 Å². The molecule has 0 radical (unpaired) electrons. The third kappa shape index (κ3) is 4.00. The molecule has 1 aromatic heterocycles. The number of methoxy groups -OCH3 is 3. The molecular weight excluding hydrogens is 368 g/mol. The zero-order valence-corrected chi connectivity index (χ0v) is 16.3. The molecule has 1 aliphatic heterocycles. The van der Waals surface area contributed by atoms with Crippen LogP contribution in [0, 0.1) is 5.92 Å². The maximum Gasteiger partial charge on any atom is 0.227 e. The van der Waals surface area contributed by atoms with Crippen LogP contribution in [0.15, 0.2) is 29.0 Å². The van der Waals surface area contributed by atoms with Crippen molar-refractivity contribution in [1.29, 1.82) is 0 Å². The minimum atomic E-state index is -0.393. The van der Waals surface area contributed by atoms with Gasteiger partial charge in [0.15, 0.2) is 11.5 Å². The molecule has 3 rings (SSSR count). The average molecular weight is 390 g/mol. The average Bonchev–Trinajstić information content (AvgIpc) is 3.34. The Hall–Kier alpha value is -2.74. The molecule has 1 N–H and O–H groups in total. The number of benzene rings is 1. The molecule has 0 spiro atoms. The van der Waals surface area contributed by atoms with Crippen molar-refractivity contribution in [3.05, 3.63) is 34.5 Å². The van der Waals surface area contributed by atoms with E-state index in [0.29, 0.717) is 36.0 Å². The van der Waals surface area contributed by atoms with Crippen LogP contribution in [-0.2, 0) is 16.1 Å². The summed E-state index contributed by atoms with van der Waals surface area (Å²) in [6.45, 7) is 0.782. The summed E-state index contributed by atoms with van der Waals surface area (Å²) < 4.78 is 16.0. The van der Waals surface area contributed by atoms with Crippen LogP contribution in [0.1, 0.15) is 12.0 Å². The Bertz CT molecular complexity index is 797. The van der Waals surface area contributed by atoms with Gasteiger partial charge in [-0.15, -0.1) is 0 Å². The fraction of sp³-hybridized carbons (Fsp3) is 0.368. The molecule has 1 aliphatic rings. The van der Waals surface area contributed by atoms with Crippen molar-refractivity contribution in [2.75, 3.05) is 32.8 Å². The van der Waals surface area contributed by atoms with Crippen molar-refractivity contribution in [1.82, 2.24) is 5.32 Å². The molecule has 0 bridgehead atoms. The minimum absolute atomic E-state index is 0.111.